The van der Waals surface area contributed by atoms with Gasteiger partial charge in [0.1, 0.15) is 0 Å². The van der Waals surface area contributed by atoms with Crippen molar-refractivity contribution in [2.45, 2.75) is 57.2 Å². The highest BCUT2D eigenvalue weighted by Crippen LogP contribution is 2.28. The van der Waals surface area contributed by atoms with Gasteiger partial charge in [-0.05, 0) is 18.8 Å². The standard InChI is InChI=1S/C15H29NO3.2ClH/c17-14(7-6-13-4-2-1-3-5-13)15(18)12-16-8-10-19-11-9-16;;/h13-15,17-18H,1-12H2;2*1H. The number of halogens is 2. The van der Waals surface area contributed by atoms with Crippen molar-refractivity contribution in [3.05, 3.63) is 0 Å². The molecule has 1 heterocycles. The number of β-amino-alcohol motifs (C(OH)–C–C–N with tert-alkyl or cyclic N) is 1. The molecule has 1 saturated carbocycles. The van der Waals surface area contributed by atoms with Gasteiger partial charge in [0.2, 0.25) is 0 Å². The molecule has 1 aliphatic heterocycles. The smallest absolute Gasteiger partial charge is 0.0925 e. The number of nitrogens with zero attached hydrogens (tertiary/aromatic N) is 1. The Balaban J connectivity index is 0.00000200. The highest BCUT2D eigenvalue weighted by molar-refractivity contribution is 5.85. The zero-order chi connectivity index (χ0) is 13.5. The molecule has 1 aliphatic carbocycles. The van der Waals surface area contributed by atoms with Gasteiger partial charge < -0.3 is 14.9 Å². The van der Waals surface area contributed by atoms with Crippen molar-refractivity contribution >= 4 is 24.8 Å². The third kappa shape index (κ3) is 8.00. The van der Waals surface area contributed by atoms with E-state index in [1.165, 1.54) is 32.1 Å². The van der Waals surface area contributed by atoms with Crippen molar-refractivity contribution in [3.8, 4) is 0 Å². The number of rotatable bonds is 6. The van der Waals surface area contributed by atoms with Crippen LogP contribution in [-0.2, 0) is 4.74 Å². The number of aliphatic hydroxyl groups excluding tert-OH is 2. The van der Waals surface area contributed by atoms with Gasteiger partial charge >= 0.3 is 0 Å². The Hall–Kier alpha value is 0.420. The minimum absolute atomic E-state index is 0. The maximum Gasteiger partial charge on any atom is 0.0925 e. The van der Waals surface area contributed by atoms with Crippen LogP contribution in [0.2, 0.25) is 0 Å². The monoisotopic (exact) mass is 343 g/mol. The second-order valence-electron chi connectivity index (χ2n) is 6.13. The average Bonchev–Trinajstić information content (AvgIpc) is 2.47. The topological polar surface area (TPSA) is 52.9 Å². The molecule has 0 amide bonds. The first kappa shape index (κ1) is 21.4. The molecule has 0 bridgehead atoms. The van der Waals surface area contributed by atoms with Gasteiger partial charge in [-0.2, -0.15) is 0 Å². The highest BCUT2D eigenvalue weighted by Gasteiger charge is 2.22. The Morgan fingerprint density at radius 3 is 2.19 bits per heavy atom. The van der Waals surface area contributed by atoms with Crippen molar-refractivity contribution in [2.75, 3.05) is 32.8 Å². The molecule has 1 saturated heterocycles. The lowest BCUT2D eigenvalue weighted by molar-refractivity contribution is -0.0326. The van der Waals surface area contributed by atoms with Crippen LogP contribution in [0.5, 0.6) is 0 Å². The summed E-state index contributed by atoms with van der Waals surface area (Å²) >= 11 is 0. The van der Waals surface area contributed by atoms with Crippen LogP contribution in [0.1, 0.15) is 44.9 Å². The molecule has 4 nitrogen and oxygen atoms in total. The number of hydrogen-bond donors (Lipinski definition) is 2. The summed E-state index contributed by atoms with van der Waals surface area (Å²) in [5.41, 5.74) is 0. The average molecular weight is 344 g/mol. The molecule has 0 spiro atoms. The van der Waals surface area contributed by atoms with Gasteiger partial charge in [-0.1, -0.05) is 32.1 Å². The quantitative estimate of drug-likeness (QED) is 0.776. The lowest BCUT2D eigenvalue weighted by Crippen LogP contribution is -2.44. The van der Waals surface area contributed by atoms with E-state index in [-0.39, 0.29) is 24.8 Å². The third-order valence-electron chi connectivity index (χ3n) is 4.59. The molecule has 2 aliphatic rings. The van der Waals surface area contributed by atoms with Crippen LogP contribution in [0.15, 0.2) is 0 Å². The van der Waals surface area contributed by atoms with Crippen molar-refractivity contribution < 1.29 is 14.9 Å². The molecule has 128 valence electrons. The van der Waals surface area contributed by atoms with E-state index in [1.54, 1.807) is 0 Å². The predicted molar refractivity (Wildman–Crippen MR) is 89.6 cm³/mol. The summed E-state index contributed by atoms with van der Waals surface area (Å²) in [5.74, 6) is 0.777. The summed E-state index contributed by atoms with van der Waals surface area (Å²) in [6.07, 6.45) is 7.33. The van der Waals surface area contributed by atoms with E-state index in [1.807, 2.05) is 0 Å². The van der Waals surface area contributed by atoms with Crippen LogP contribution in [0.25, 0.3) is 0 Å². The zero-order valence-corrected chi connectivity index (χ0v) is 14.4. The molecule has 21 heavy (non-hydrogen) atoms. The summed E-state index contributed by atoms with van der Waals surface area (Å²) in [7, 11) is 0. The molecule has 2 N–H and O–H groups in total. The maximum atomic E-state index is 10.1. The lowest BCUT2D eigenvalue weighted by atomic mass is 9.85. The highest BCUT2D eigenvalue weighted by atomic mass is 35.5. The van der Waals surface area contributed by atoms with Crippen LogP contribution >= 0.6 is 24.8 Å². The van der Waals surface area contributed by atoms with Gasteiger partial charge in [0.15, 0.2) is 0 Å². The Kier molecular flexibility index (Phi) is 12.2. The summed E-state index contributed by atoms with van der Waals surface area (Å²) in [6, 6.07) is 0. The molecule has 2 atom stereocenters. The molecular weight excluding hydrogens is 313 g/mol. The largest absolute Gasteiger partial charge is 0.390 e. The lowest BCUT2D eigenvalue weighted by Gasteiger charge is -2.30. The molecule has 0 aromatic carbocycles. The van der Waals surface area contributed by atoms with Gasteiger partial charge in [0.05, 0.1) is 25.4 Å². The van der Waals surface area contributed by atoms with E-state index < -0.39 is 12.2 Å². The first-order chi connectivity index (χ1) is 9.25. The van der Waals surface area contributed by atoms with Gasteiger partial charge in [-0.25, -0.2) is 0 Å². The van der Waals surface area contributed by atoms with Crippen molar-refractivity contribution in [1.82, 2.24) is 4.90 Å². The number of ether oxygens (including phenoxy) is 1. The minimum Gasteiger partial charge on any atom is -0.390 e. The van der Waals surface area contributed by atoms with Crippen molar-refractivity contribution in [1.29, 1.82) is 0 Å². The van der Waals surface area contributed by atoms with Gasteiger partial charge in [0.25, 0.3) is 0 Å². The van der Waals surface area contributed by atoms with Crippen molar-refractivity contribution in [2.24, 2.45) is 5.92 Å². The Labute approximate surface area is 141 Å². The fraction of sp³-hybridized carbons (Fsp3) is 1.00. The van der Waals surface area contributed by atoms with Crippen LogP contribution in [0.3, 0.4) is 0 Å². The van der Waals surface area contributed by atoms with E-state index in [9.17, 15) is 10.2 Å². The van der Waals surface area contributed by atoms with Crippen LogP contribution < -0.4 is 0 Å². The molecule has 0 aromatic rings. The van der Waals surface area contributed by atoms with Crippen LogP contribution in [-0.4, -0.2) is 60.2 Å². The molecule has 2 fully saturated rings. The Bertz CT molecular complexity index is 247. The molecule has 0 radical (unpaired) electrons. The summed E-state index contributed by atoms with van der Waals surface area (Å²) in [6.45, 7) is 3.80. The predicted octanol–water partition coefficient (Wildman–Crippen LogP) is 2.24. The van der Waals surface area contributed by atoms with Gasteiger partial charge in [-0.3, -0.25) is 4.90 Å². The van der Waals surface area contributed by atoms with E-state index in [0.29, 0.717) is 6.54 Å². The first-order valence-corrected chi connectivity index (χ1v) is 7.92. The van der Waals surface area contributed by atoms with Crippen LogP contribution in [0, 0.1) is 5.92 Å². The molecule has 2 rings (SSSR count). The fourth-order valence-electron chi connectivity index (χ4n) is 3.24. The molecule has 6 heteroatoms. The van der Waals surface area contributed by atoms with E-state index in [4.69, 9.17) is 4.74 Å². The van der Waals surface area contributed by atoms with Gasteiger partial charge in [-0.15, -0.1) is 24.8 Å². The second kappa shape index (κ2) is 11.9. The van der Waals surface area contributed by atoms with Crippen LogP contribution in [0.4, 0.5) is 0 Å². The van der Waals surface area contributed by atoms with Crippen molar-refractivity contribution in [3.63, 3.8) is 0 Å². The molecular formula is C15H31Cl2NO3. The Morgan fingerprint density at radius 1 is 0.952 bits per heavy atom. The van der Waals surface area contributed by atoms with E-state index in [2.05, 4.69) is 4.90 Å². The number of hydrogen-bond acceptors (Lipinski definition) is 4. The number of aliphatic hydroxyl groups is 2. The van der Waals surface area contributed by atoms with Gasteiger partial charge in [0, 0.05) is 19.6 Å². The third-order valence-corrected chi connectivity index (χ3v) is 4.59. The minimum atomic E-state index is -0.610. The molecule has 0 aromatic heterocycles. The Morgan fingerprint density at radius 2 is 1.57 bits per heavy atom. The maximum absolute atomic E-state index is 10.1. The van der Waals surface area contributed by atoms with E-state index in [0.717, 1.165) is 45.1 Å². The molecule has 2 unspecified atom stereocenters. The van der Waals surface area contributed by atoms with E-state index >= 15 is 0 Å². The second-order valence-corrected chi connectivity index (χ2v) is 6.13. The fourth-order valence-corrected chi connectivity index (χ4v) is 3.24. The summed E-state index contributed by atoms with van der Waals surface area (Å²) < 4.78 is 5.28. The normalized spacial score (nSPS) is 23.7. The number of morpholine rings is 1. The summed E-state index contributed by atoms with van der Waals surface area (Å²) in [5, 5.41) is 20.1. The first-order valence-electron chi connectivity index (χ1n) is 7.92. The zero-order valence-electron chi connectivity index (χ0n) is 12.8. The SMILES string of the molecule is Cl.Cl.OC(CCC1CCCCC1)C(O)CN1CCOCC1. The summed E-state index contributed by atoms with van der Waals surface area (Å²) in [4.78, 5) is 2.18.